The van der Waals surface area contributed by atoms with Crippen LogP contribution in [0.2, 0.25) is 0 Å². The summed E-state index contributed by atoms with van der Waals surface area (Å²) < 4.78 is 11.6. The smallest absolute Gasteiger partial charge is 0.271 e. The molecule has 35 heavy (non-hydrogen) atoms. The lowest BCUT2D eigenvalue weighted by atomic mass is 10.1. The fourth-order valence-electron chi connectivity index (χ4n) is 3.55. The molecule has 0 N–H and O–H groups in total. The fraction of sp³-hybridized carbons (Fsp3) is 0.241. The first kappa shape index (κ1) is 24.6. The minimum atomic E-state index is -0.123. The van der Waals surface area contributed by atoms with Gasteiger partial charge in [-0.15, -0.1) is 0 Å². The number of carbonyl (C=O) groups excluding carboxylic acids is 1. The highest BCUT2D eigenvalue weighted by Crippen LogP contribution is 2.40. The Morgan fingerprint density at radius 2 is 1.63 bits per heavy atom. The first-order valence-electron chi connectivity index (χ1n) is 11.6. The second kappa shape index (κ2) is 10.8. The highest BCUT2D eigenvalue weighted by molar-refractivity contribution is 8.19. The number of anilines is 1. The second-order valence-electron chi connectivity index (χ2n) is 8.90. The summed E-state index contributed by atoms with van der Waals surface area (Å²) in [6.07, 6.45) is 1.87. The Kier molecular flexibility index (Phi) is 7.61. The monoisotopic (exact) mass is 486 g/mol. The van der Waals surface area contributed by atoms with Gasteiger partial charge < -0.3 is 9.47 Å². The van der Waals surface area contributed by atoms with Crippen molar-refractivity contribution in [2.45, 2.75) is 27.7 Å². The van der Waals surface area contributed by atoms with Crippen molar-refractivity contribution in [2.24, 2.45) is 10.9 Å². The average molecular weight is 487 g/mol. The van der Waals surface area contributed by atoms with Gasteiger partial charge in [-0.05, 0) is 67.9 Å². The number of rotatable bonds is 7. The van der Waals surface area contributed by atoms with E-state index in [4.69, 9.17) is 14.5 Å². The molecule has 180 valence electrons. The van der Waals surface area contributed by atoms with E-state index in [-0.39, 0.29) is 5.91 Å². The lowest BCUT2D eigenvalue weighted by Crippen LogP contribution is -2.28. The summed E-state index contributed by atoms with van der Waals surface area (Å²) in [7, 11) is 1.62. The van der Waals surface area contributed by atoms with Crippen LogP contribution in [-0.2, 0) is 4.79 Å². The van der Waals surface area contributed by atoms with Gasteiger partial charge in [0.25, 0.3) is 5.91 Å². The Hall–Kier alpha value is -3.51. The number of thioether (sulfide) groups is 1. The van der Waals surface area contributed by atoms with Gasteiger partial charge in [-0.1, -0.05) is 61.4 Å². The molecule has 4 rings (SSSR count). The number of carbonyl (C=O) groups is 1. The van der Waals surface area contributed by atoms with Crippen LogP contribution in [0, 0.1) is 19.8 Å². The predicted octanol–water partition coefficient (Wildman–Crippen LogP) is 7.16. The first-order chi connectivity index (χ1) is 16.9. The van der Waals surface area contributed by atoms with Gasteiger partial charge >= 0.3 is 0 Å². The molecule has 0 bridgehead atoms. The molecule has 0 atom stereocenters. The Morgan fingerprint density at radius 3 is 2.26 bits per heavy atom. The third kappa shape index (κ3) is 5.77. The lowest BCUT2D eigenvalue weighted by Gasteiger charge is -2.16. The van der Waals surface area contributed by atoms with Crippen LogP contribution in [0.5, 0.6) is 11.5 Å². The van der Waals surface area contributed by atoms with E-state index in [0.717, 1.165) is 28.1 Å². The highest BCUT2D eigenvalue weighted by atomic mass is 32.2. The molecule has 0 unspecified atom stereocenters. The molecule has 1 saturated heterocycles. The van der Waals surface area contributed by atoms with Gasteiger partial charge in [-0.25, -0.2) is 4.99 Å². The van der Waals surface area contributed by atoms with E-state index in [0.29, 0.717) is 34.1 Å². The van der Waals surface area contributed by atoms with Crippen molar-refractivity contribution in [1.82, 2.24) is 0 Å². The number of para-hydroxylation sites is 1. The summed E-state index contributed by atoms with van der Waals surface area (Å²) in [5, 5.41) is 0.613. The summed E-state index contributed by atoms with van der Waals surface area (Å²) >= 11 is 1.36. The topological polar surface area (TPSA) is 51.1 Å². The number of methoxy groups -OCH3 is 1. The standard InChI is InChI=1S/C29H30N2O3S/c1-19(2)18-34-27-22(7-6-8-25(27)33-5)17-26-28(32)31(24-15-11-21(4)12-16-24)29(35-26)30-23-13-9-20(3)10-14-23/h6-17,19H,18H2,1-5H3/b26-17+,30-29?. The Bertz CT molecular complexity index is 1260. The molecule has 1 aliphatic heterocycles. The van der Waals surface area contributed by atoms with E-state index in [1.54, 1.807) is 12.0 Å². The van der Waals surface area contributed by atoms with Crippen LogP contribution < -0.4 is 14.4 Å². The maximum atomic E-state index is 13.7. The van der Waals surface area contributed by atoms with Crippen LogP contribution in [0.1, 0.15) is 30.5 Å². The number of amidine groups is 1. The van der Waals surface area contributed by atoms with E-state index in [9.17, 15) is 4.79 Å². The van der Waals surface area contributed by atoms with Crippen molar-refractivity contribution < 1.29 is 14.3 Å². The Balaban J connectivity index is 1.77. The minimum absolute atomic E-state index is 0.123. The van der Waals surface area contributed by atoms with Crippen LogP contribution in [-0.4, -0.2) is 24.8 Å². The second-order valence-corrected chi connectivity index (χ2v) is 9.91. The van der Waals surface area contributed by atoms with Crippen molar-refractivity contribution in [3.8, 4) is 11.5 Å². The molecule has 0 aromatic heterocycles. The van der Waals surface area contributed by atoms with Crippen molar-refractivity contribution in [1.29, 1.82) is 0 Å². The number of hydrogen-bond donors (Lipinski definition) is 0. The van der Waals surface area contributed by atoms with Crippen LogP contribution in [0.4, 0.5) is 11.4 Å². The fourth-order valence-corrected chi connectivity index (χ4v) is 4.54. The predicted molar refractivity (Wildman–Crippen MR) is 146 cm³/mol. The summed E-state index contributed by atoms with van der Waals surface area (Å²) in [4.78, 5) is 20.7. The maximum Gasteiger partial charge on any atom is 0.271 e. The minimum Gasteiger partial charge on any atom is -0.493 e. The zero-order valence-corrected chi connectivity index (χ0v) is 21.6. The van der Waals surface area contributed by atoms with Gasteiger partial charge in [-0.2, -0.15) is 0 Å². The van der Waals surface area contributed by atoms with Crippen molar-refractivity contribution >= 4 is 40.3 Å². The summed E-state index contributed by atoms with van der Waals surface area (Å²) in [5.74, 6) is 1.50. The average Bonchev–Trinajstić information content (AvgIpc) is 3.14. The van der Waals surface area contributed by atoms with E-state index < -0.39 is 0 Å². The molecular weight excluding hydrogens is 456 g/mol. The number of ether oxygens (including phenoxy) is 2. The van der Waals surface area contributed by atoms with Crippen LogP contribution >= 0.6 is 11.8 Å². The van der Waals surface area contributed by atoms with Crippen molar-refractivity contribution in [2.75, 3.05) is 18.6 Å². The van der Waals surface area contributed by atoms with Crippen LogP contribution in [0.3, 0.4) is 0 Å². The number of nitrogens with zero attached hydrogens (tertiary/aromatic N) is 2. The molecule has 3 aromatic rings. The van der Waals surface area contributed by atoms with Crippen molar-refractivity contribution in [3.05, 3.63) is 88.3 Å². The molecule has 0 radical (unpaired) electrons. The quantitative estimate of drug-likeness (QED) is 0.333. The number of aryl methyl sites for hydroxylation is 2. The largest absolute Gasteiger partial charge is 0.493 e. The number of amides is 1. The zero-order chi connectivity index (χ0) is 24.9. The molecule has 0 aliphatic carbocycles. The SMILES string of the molecule is COc1cccc(/C=C2/SC(=Nc3ccc(C)cc3)N(c3ccc(C)cc3)C2=O)c1OCC(C)C. The molecule has 6 heteroatoms. The Morgan fingerprint density at radius 1 is 0.971 bits per heavy atom. The molecule has 0 spiro atoms. The zero-order valence-electron chi connectivity index (χ0n) is 20.7. The van der Waals surface area contributed by atoms with E-state index >= 15 is 0 Å². The third-order valence-electron chi connectivity index (χ3n) is 5.43. The number of aliphatic imine (C=N–C) groups is 1. The van der Waals surface area contributed by atoms with Gasteiger partial charge in [0, 0.05) is 5.56 Å². The molecule has 1 heterocycles. The van der Waals surface area contributed by atoms with Crippen LogP contribution in [0.25, 0.3) is 6.08 Å². The van der Waals surface area contributed by atoms with E-state index in [1.807, 2.05) is 86.7 Å². The molecule has 0 saturated carbocycles. The van der Waals surface area contributed by atoms with Crippen molar-refractivity contribution in [3.63, 3.8) is 0 Å². The Labute approximate surface area is 211 Å². The summed E-state index contributed by atoms with van der Waals surface area (Å²) in [6.45, 7) is 8.80. The molecule has 5 nitrogen and oxygen atoms in total. The highest BCUT2D eigenvalue weighted by Gasteiger charge is 2.35. The molecule has 3 aromatic carbocycles. The number of hydrogen-bond acceptors (Lipinski definition) is 5. The van der Waals surface area contributed by atoms with Gasteiger partial charge in [0.05, 0.1) is 30.0 Å². The summed E-state index contributed by atoms with van der Waals surface area (Å²) in [5.41, 5.74) is 4.66. The van der Waals surface area contributed by atoms with E-state index in [1.165, 1.54) is 11.8 Å². The first-order valence-corrected chi connectivity index (χ1v) is 12.4. The third-order valence-corrected chi connectivity index (χ3v) is 6.40. The number of benzene rings is 3. The molecule has 1 amide bonds. The molecule has 1 fully saturated rings. The maximum absolute atomic E-state index is 13.7. The van der Waals surface area contributed by atoms with E-state index in [2.05, 4.69) is 13.8 Å². The molecular formula is C29H30N2O3S. The summed E-state index contributed by atoms with van der Waals surface area (Å²) in [6, 6.07) is 21.5. The molecule has 1 aliphatic rings. The normalized spacial score (nSPS) is 15.9. The lowest BCUT2D eigenvalue weighted by molar-refractivity contribution is -0.113. The van der Waals surface area contributed by atoms with Crippen LogP contribution in [0.15, 0.2) is 76.6 Å². The van der Waals surface area contributed by atoms with Gasteiger partial charge in [0.15, 0.2) is 16.7 Å². The van der Waals surface area contributed by atoms with Gasteiger partial charge in [0.1, 0.15) is 0 Å². The van der Waals surface area contributed by atoms with Gasteiger partial charge in [-0.3, -0.25) is 9.69 Å². The van der Waals surface area contributed by atoms with Gasteiger partial charge in [0.2, 0.25) is 0 Å².